The van der Waals surface area contributed by atoms with Crippen LogP contribution in [-0.2, 0) is 25.9 Å². The molecule has 0 saturated heterocycles. The van der Waals surface area contributed by atoms with Gasteiger partial charge < -0.3 is 14.0 Å². The predicted octanol–water partition coefficient (Wildman–Crippen LogP) is 3.84. The van der Waals surface area contributed by atoms with Crippen LogP contribution < -0.4 is 9.47 Å². The molecule has 5 rings (SSSR count). The zero-order valence-corrected chi connectivity index (χ0v) is 15.4. The van der Waals surface area contributed by atoms with E-state index in [1.54, 1.807) is 7.11 Å². The summed E-state index contributed by atoms with van der Waals surface area (Å²) in [4.78, 5) is 2.46. The molecule has 5 nitrogen and oxygen atoms in total. The molecule has 0 spiro atoms. The summed E-state index contributed by atoms with van der Waals surface area (Å²) in [6, 6.07) is 14.6. The van der Waals surface area contributed by atoms with E-state index in [-0.39, 0.29) is 0 Å². The fourth-order valence-corrected chi connectivity index (χ4v) is 3.99. The maximum Gasteiger partial charge on any atom is 0.143 e. The molecule has 0 unspecified atom stereocenters. The highest BCUT2D eigenvalue weighted by Gasteiger charge is 2.25. The van der Waals surface area contributed by atoms with Gasteiger partial charge in [0.25, 0.3) is 0 Å². The molecule has 3 heterocycles. The van der Waals surface area contributed by atoms with Crippen molar-refractivity contribution in [1.82, 2.24) is 10.1 Å². The molecule has 1 aromatic heterocycles. The number of aromatic nitrogens is 1. The zero-order chi connectivity index (χ0) is 18.2. The number of nitrogens with zero attached hydrogens (tertiary/aromatic N) is 2. The van der Waals surface area contributed by atoms with Gasteiger partial charge in [-0.15, -0.1) is 0 Å². The van der Waals surface area contributed by atoms with Crippen LogP contribution in [-0.4, -0.2) is 30.3 Å². The van der Waals surface area contributed by atoms with Crippen LogP contribution in [0.5, 0.6) is 11.5 Å². The smallest absolute Gasteiger partial charge is 0.143 e. The van der Waals surface area contributed by atoms with Crippen LogP contribution in [0.4, 0.5) is 0 Å². The Balaban J connectivity index is 1.38. The van der Waals surface area contributed by atoms with E-state index in [9.17, 15) is 0 Å². The van der Waals surface area contributed by atoms with Crippen LogP contribution in [0.2, 0.25) is 0 Å². The lowest BCUT2D eigenvalue weighted by Gasteiger charge is -2.26. The molecule has 2 aliphatic heterocycles. The second-order valence-electron chi connectivity index (χ2n) is 7.17. The van der Waals surface area contributed by atoms with E-state index >= 15 is 0 Å². The first-order valence-electron chi connectivity index (χ1n) is 9.39. The summed E-state index contributed by atoms with van der Waals surface area (Å²) in [5.41, 5.74) is 5.82. The fraction of sp³-hybridized carbons (Fsp3) is 0.318. The quantitative estimate of drug-likeness (QED) is 0.706. The van der Waals surface area contributed by atoms with Crippen molar-refractivity contribution in [2.75, 3.05) is 20.3 Å². The van der Waals surface area contributed by atoms with Crippen LogP contribution in [0, 0.1) is 0 Å². The Labute approximate surface area is 158 Å². The van der Waals surface area contributed by atoms with Crippen molar-refractivity contribution in [2.45, 2.75) is 25.9 Å². The van der Waals surface area contributed by atoms with Gasteiger partial charge in [-0.1, -0.05) is 29.4 Å². The minimum absolute atomic E-state index is 0.802. The van der Waals surface area contributed by atoms with E-state index in [1.807, 2.05) is 18.2 Å². The molecule has 5 heteroatoms. The van der Waals surface area contributed by atoms with Crippen molar-refractivity contribution >= 4 is 0 Å². The molecule has 0 atom stereocenters. The van der Waals surface area contributed by atoms with Crippen molar-refractivity contribution in [2.24, 2.45) is 0 Å². The molecule has 2 aliphatic rings. The number of fused-ring (bicyclic) bond motifs is 2. The summed E-state index contributed by atoms with van der Waals surface area (Å²) in [5.74, 6) is 2.88. The van der Waals surface area contributed by atoms with Crippen molar-refractivity contribution in [3.05, 3.63) is 64.9 Å². The second kappa shape index (κ2) is 6.74. The van der Waals surface area contributed by atoms with Gasteiger partial charge in [0.1, 0.15) is 23.0 Å². The summed E-state index contributed by atoms with van der Waals surface area (Å²) >= 11 is 0. The molecule has 0 fully saturated rings. The highest BCUT2D eigenvalue weighted by atomic mass is 16.5. The first kappa shape index (κ1) is 16.4. The van der Waals surface area contributed by atoms with Gasteiger partial charge in [-0.05, 0) is 29.3 Å². The number of hydrogen-bond donors (Lipinski definition) is 0. The van der Waals surface area contributed by atoms with E-state index in [0.29, 0.717) is 0 Å². The standard InChI is InChI=1S/C22H22N2O3/c1-25-18-4-2-3-17(12-18)22-19-14-24(9-7-21(19)27-23-22)13-15-5-6-20-16(11-15)8-10-26-20/h2-6,11-12H,7-10,13-14H2,1H3. The number of methoxy groups -OCH3 is 1. The maximum atomic E-state index is 5.64. The molecule has 138 valence electrons. The average Bonchev–Trinajstić information content (AvgIpc) is 3.34. The van der Waals surface area contributed by atoms with Crippen LogP contribution in [0.1, 0.15) is 22.5 Å². The first-order valence-corrected chi connectivity index (χ1v) is 9.39. The average molecular weight is 362 g/mol. The molecule has 2 aromatic carbocycles. The largest absolute Gasteiger partial charge is 0.497 e. The van der Waals surface area contributed by atoms with Gasteiger partial charge in [-0.25, -0.2) is 0 Å². The molecule has 0 aliphatic carbocycles. The lowest BCUT2D eigenvalue weighted by Crippen LogP contribution is -2.29. The van der Waals surface area contributed by atoms with E-state index in [0.717, 1.165) is 67.6 Å². The third kappa shape index (κ3) is 3.08. The monoisotopic (exact) mass is 362 g/mol. The SMILES string of the molecule is COc1cccc(-c2noc3c2CN(Cc2ccc4c(c2)CCO4)CC3)c1. The van der Waals surface area contributed by atoms with Gasteiger partial charge >= 0.3 is 0 Å². The lowest BCUT2D eigenvalue weighted by atomic mass is 10.0. The van der Waals surface area contributed by atoms with Gasteiger partial charge in [0, 0.05) is 43.6 Å². The third-order valence-corrected chi connectivity index (χ3v) is 5.41. The van der Waals surface area contributed by atoms with Crippen LogP contribution >= 0.6 is 0 Å². The second-order valence-corrected chi connectivity index (χ2v) is 7.17. The minimum atomic E-state index is 0.802. The van der Waals surface area contributed by atoms with E-state index in [2.05, 4.69) is 34.3 Å². The Morgan fingerprint density at radius 3 is 3.04 bits per heavy atom. The summed E-state index contributed by atoms with van der Waals surface area (Å²) in [7, 11) is 1.68. The molecule has 0 radical (unpaired) electrons. The fourth-order valence-electron chi connectivity index (χ4n) is 3.99. The summed E-state index contributed by atoms with van der Waals surface area (Å²) in [6.07, 6.45) is 1.90. The highest BCUT2D eigenvalue weighted by molar-refractivity contribution is 5.65. The molecular weight excluding hydrogens is 340 g/mol. The Morgan fingerprint density at radius 2 is 2.11 bits per heavy atom. The van der Waals surface area contributed by atoms with Crippen molar-refractivity contribution < 1.29 is 14.0 Å². The van der Waals surface area contributed by atoms with Crippen LogP contribution in [0.3, 0.4) is 0 Å². The normalized spacial score (nSPS) is 15.9. The first-order chi connectivity index (χ1) is 13.3. The molecular formula is C22H22N2O3. The van der Waals surface area contributed by atoms with Gasteiger partial charge in [0.2, 0.25) is 0 Å². The van der Waals surface area contributed by atoms with Crippen LogP contribution in [0.15, 0.2) is 47.0 Å². The number of benzene rings is 2. The highest BCUT2D eigenvalue weighted by Crippen LogP contribution is 2.32. The zero-order valence-electron chi connectivity index (χ0n) is 15.4. The summed E-state index contributed by atoms with van der Waals surface area (Å²) < 4.78 is 16.6. The topological polar surface area (TPSA) is 47.7 Å². The van der Waals surface area contributed by atoms with Gasteiger partial charge in [-0.2, -0.15) is 0 Å². The van der Waals surface area contributed by atoms with Crippen molar-refractivity contribution in [1.29, 1.82) is 0 Å². The van der Waals surface area contributed by atoms with Crippen molar-refractivity contribution in [3.8, 4) is 22.8 Å². The number of hydrogen-bond acceptors (Lipinski definition) is 5. The number of ether oxygens (including phenoxy) is 2. The lowest BCUT2D eigenvalue weighted by molar-refractivity contribution is 0.228. The summed E-state index contributed by atoms with van der Waals surface area (Å²) in [5, 5.41) is 4.36. The molecule has 0 N–H and O–H groups in total. The Kier molecular flexibility index (Phi) is 4.09. The minimum Gasteiger partial charge on any atom is -0.497 e. The van der Waals surface area contributed by atoms with Gasteiger partial charge in [-0.3, -0.25) is 4.90 Å². The Morgan fingerprint density at radius 1 is 1.15 bits per heavy atom. The third-order valence-electron chi connectivity index (χ3n) is 5.41. The van der Waals surface area contributed by atoms with E-state index in [1.165, 1.54) is 16.7 Å². The molecule has 0 amide bonds. The predicted molar refractivity (Wildman–Crippen MR) is 102 cm³/mol. The van der Waals surface area contributed by atoms with Crippen molar-refractivity contribution in [3.63, 3.8) is 0 Å². The molecule has 0 bridgehead atoms. The van der Waals surface area contributed by atoms with E-state index in [4.69, 9.17) is 14.0 Å². The van der Waals surface area contributed by atoms with Crippen LogP contribution in [0.25, 0.3) is 11.3 Å². The molecule has 0 saturated carbocycles. The Bertz CT molecular complexity index is 979. The van der Waals surface area contributed by atoms with Gasteiger partial charge in [0.05, 0.1) is 13.7 Å². The molecule has 27 heavy (non-hydrogen) atoms. The molecule has 3 aromatic rings. The maximum absolute atomic E-state index is 5.64. The number of rotatable bonds is 4. The Hall–Kier alpha value is -2.79. The van der Waals surface area contributed by atoms with Gasteiger partial charge in [0.15, 0.2) is 0 Å². The van der Waals surface area contributed by atoms with E-state index < -0.39 is 0 Å². The summed E-state index contributed by atoms with van der Waals surface area (Å²) in [6.45, 7) is 3.55.